The Morgan fingerprint density at radius 2 is 2.04 bits per heavy atom. The van der Waals surface area contributed by atoms with E-state index in [1.54, 1.807) is 7.05 Å². The Balaban J connectivity index is 1.59. The molecule has 0 aliphatic rings. The molecule has 0 radical (unpaired) electrons. The molecule has 3 aromatic rings. The molecule has 24 heavy (non-hydrogen) atoms. The summed E-state index contributed by atoms with van der Waals surface area (Å²) >= 11 is 1.51. The molecular weight excluding hydrogens is 332 g/mol. The minimum Gasteiger partial charge on any atom is -0.331 e. The van der Waals surface area contributed by atoms with E-state index in [0.29, 0.717) is 6.54 Å². The number of amides is 2. The van der Waals surface area contributed by atoms with Gasteiger partial charge in [0.05, 0.1) is 16.8 Å². The Morgan fingerprint density at radius 1 is 1.25 bits per heavy atom. The van der Waals surface area contributed by atoms with Crippen molar-refractivity contribution in [3.63, 3.8) is 0 Å². The van der Waals surface area contributed by atoms with Crippen molar-refractivity contribution in [3.8, 4) is 0 Å². The molecule has 124 valence electrons. The second kappa shape index (κ2) is 6.92. The van der Waals surface area contributed by atoms with Crippen LogP contribution in [0.3, 0.4) is 0 Å². The summed E-state index contributed by atoms with van der Waals surface area (Å²) in [6.07, 6.45) is 0. The Hall–Kier alpha value is -2.54. The molecule has 0 spiro atoms. The van der Waals surface area contributed by atoms with Crippen LogP contribution in [0.5, 0.6) is 0 Å². The summed E-state index contributed by atoms with van der Waals surface area (Å²) in [7, 11) is 1.55. The Kier molecular flexibility index (Phi) is 4.71. The van der Waals surface area contributed by atoms with Crippen LogP contribution < -0.4 is 5.32 Å². The van der Waals surface area contributed by atoms with Gasteiger partial charge in [0.15, 0.2) is 0 Å². The molecule has 3 rings (SSSR count). The van der Waals surface area contributed by atoms with Gasteiger partial charge in [-0.15, -0.1) is 11.3 Å². The molecule has 0 saturated heterocycles. The predicted octanol–water partition coefficient (Wildman–Crippen LogP) is 3.92. The van der Waals surface area contributed by atoms with Crippen LogP contribution in [-0.2, 0) is 13.1 Å². The lowest BCUT2D eigenvalue weighted by Gasteiger charge is -2.18. The lowest BCUT2D eigenvalue weighted by molar-refractivity contribution is 0.206. The van der Waals surface area contributed by atoms with Gasteiger partial charge >= 0.3 is 6.03 Å². The number of carbonyl (C=O) groups is 1. The topological polar surface area (TPSA) is 45.2 Å². The second-order valence-corrected chi connectivity index (χ2v) is 6.44. The second-order valence-electron chi connectivity index (χ2n) is 5.33. The van der Waals surface area contributed by atoms with E-state index in [1.165, 1.54) is 28.4 Å². The highest BCUT2D eigenvalue weighted by Crippen LogP contribution is 2.21. The molecule has 2 amide bonds. The molecule has 0 fully saturated rings. The molecule has 0 atom stereocenters. The third-order valence-electron chi connectivity index (χ3n) is 3.50. The molecule has 4 nitrogen and oxygen atoms in total. The van der Waals surface area contributed by atoms with Crippen molar-refractivity contribution in [1.82, 2.24) is 15.2 Å². The van der Waals surface area contributed by atoms with Gasteiger partial charge in [-0.1, -0.05) is 18.2 Å². The monoisotopic (exact) mass is 347 g/mol. The quantitative estimate of drug-likeness (QED) is 0.778. The first-order valence-corrected chi connectivity index (χ1v) is 8.12. The summed E-state index contributed by atoms with van der Waals surface area (Å²) in [5, 5.41) is 3.55. The molecule has 1 N–H and O–H groups in total. The van der Waals surface area contributed by atoms with Crippen LogP contribution in [0.2, 0.25) is 0 Å². The van der Waals surface area contributed by atoms with Crippen LogP contribution in [0, 0.1) is 11.6 Å². The lowest BCUT2D eigenvalue weighted by Crippen LogP contribution is -2.36. The van der Waals surface area contributed by atoms with E-state index in [-0.39, 0.29) is 18.1 Å². The highest BCUT2D eigenvalue weighted by atomic mass is 32.1. The maximum Gasteiger partial charge on any atom is 0.317 e. The Morgan fingerprint density at radius 3 is 2.79 bits per heavy atom. The van der Waals surface area contributed by atoms with E-state index in [1.807, 2.05) is 24.3 Å². The van der Waals surface area contributed by atoms with E-state index >= 15 is 0 Å². The number of aromatic nitrogens is 1. The number of benzene rings is 2. The molecule has 0 aliphatic carbocycles. The maximum atomic E-state index is 13.6. The number of carbonyl (C=O) groups excluding carboxylic acids is 1. The van der Waals surface area contributed by atoms with Gasteiger partial charge in [-0.2, -0.15) is 0 Å². The molecule has 0 bridgehead atoms. The minimum absolute atomic E-state index is 0.0534. The number of hydrogen-bond donors (Lipinski definition) is 1. The summed E-state index contributed by atoms with van der Waals surface area (Å²) in [4.78, 5) is 17.9. The van der Waals surface area contributed by atoms with Crippen LogP contribution in [0.15, 0.2) is 42.5 Å². The van der Waals surface area contributed by atoms with Gasteiger partial charge in [0.2, 0.25) is 0 Å². The highest BCUT2D eigenvalue weighted by molar-refractivity contribution is 7.18. The lowest BCUT2D eigenvalue weighted by atomic mass is 10.2. The average molecular weight is 347 g/mol. The van der Waals surface area contributed by atoms with Gasteiger partial charge in [-0.05, 0) is 18.2 Å². The minimum atomic E-state index is -0.666. The van der Waals surface area contributed by atoms with Gasteiger partial charge in [0.25, 0.3) is 0 Å². The zero-order valence-corrected chi connectivity index (χ0v) is 13.7. The number of nitrogens with zero attached hydrogens (tertiary/aromatic N) is 2. The van der Waals surface area contributed by atoms with Crippen LogP contribution in [0.25, 0.3) is 10.2 Å². The van der Waals surface area contributed by atoms with Crippen molar-refractivity contribution in [1.29, 1.82) is 0 Å². The summed E-state index contributed by atoms with van der Waals surface area (Å²) in [5.41, 5.74) is 1.16. The first-order valence-electron chi connectivity index (χ1n) is 7.30. The average Bonchev–Trinajstić information content (AvgIpc) is 2.98. The standard InChI is InChI=1S/C17H15F2N3OS/c1-22(10-11-6-7-12(18)8-13(11)19)17(23)20-9-16-21-14-4-2-3-5-15(14)24-16/h2-8H,9-10H2,1H3,(H,20,23). The Labute approximate surface area is 141 Å². The van der Waals surface area contributed by atoms with Crippen LogP contribution in [0.1, 0.15) is 10.6 Å². The SMILES string of the molecule is CN(Cc1ccc(F)cc1F)C(=O)NCc1nc2ccccc2s1. The molecule has 0 saturated carbocycles. The predicted molar refractivity (Wildman–Crippen MR) is 89.7 cm³/mol. The maximum absolute atomic E-state index is 13.6. The van der Waals surface area contributed by atoms with Crippen molar-refractivity contribution in [2.24, 2.45) is 0 Å². The van der Waals surface area contributed by atoms with Gasteiger partial charge in [0.1, 0.15) is 16.6 Å². The van der Waals surface area contributed by atoms with E-state index in [9.17, 15) is 13.6 Å². The number of para-hydroxylation sites is 1. The number of fused-ring (bicyclic) bond motifs is 1. The van der Waals surface area contributed by atoms with Crippen molar-refractivity contribution in [2.75, 3.05) is 7.05 Å². The largest absolute Gasteiger partial charge is 0.331 e. The first-order chi connectivity index (χ1) is 11.5. The Bertz CT molecular complexity index is 848. The van der Waals surface area contributed by atoms with Crippen molar-refractivity contribution in [3.05, 3.63) is 64.7 Å². The van der Waals surface area contributed by atoms with Crippen LogP contribution in [-0.4, -0.2) is 23.0 Å². The molecule has 0 unspecified atom stereocenters. The molecule has 2 aromatic carbocycles. The van der Waals surface area contributed by atoms with E-state index < -0.39 is 11.6 Å². The van der Waals surface area contributed by atoms with Crippen LogP contribution >= 0.6 is 11.3 Å². The zero-order chi connectivity index (χ0) is 17.1. The smallest absolute Gasteiger partial charge is 0.317 e. The van der Waals surface area contributed by atoms with Crippen molar-refractivity contribution in [2.45, 2.75) is 13.1 Å². The number of nitrogens with one attached hydrogen (secondary N) is 1. The fraction of sp³-hybridized carbons (Fsp3) is 0.176. The molecule has 0 aliphatic heterocycles. The van der Waals surface area contributed by atoms with Gasteiger partial charge in [-0.3, -0.25) is 0 Å². The van der Waals surface area contributed by atoms with Gasteiger partial charge in [-0.25, -0.2) is 18.6 Å². The van der Waals surface area contributed by atoms with Gasteiger partial charge < -0.3 is 10.2 Å². The fourth-order valence-corrected chi connectivity index (χ4v) is 3.17. The number of hydrogen-bond acceptors (Lipinski definition) is 3. The normalized spacial score (nSPS) is 10.8. The van der Waals surface area contributed by atoms with Crippen LogP contribution in [0.4, 0.5) is 13.6 Å². The summed E-state index contributed by atoms with van der Waals surface area (Å²) in [5.74, 6) is -1.31. The van der Waals surface area contributed by atoms with Crippen molar-refractivity contribution < 1.29 is 13.6 Å². The molecular formula is C17H15F2N3OS. The van der Waals surface area contributed by atoms with Crippen molar-refractivity contribution >= 4 is 27.6 Å². The summed E-state index contributed by atoms with van der Waals surface area (Å²) < 4.78 is 27.6. The van der Waals surface area contributed by atoms with E-state index in [2.05, 4.69) is 10.3 Å². The summed E-state index contributed by atoms with van der Waals surface area (Å²) in [6, 6.07) is 10.7. The molecule has 1 heterocycles. The third kappa shape index (κ3) is 3.68. The third-order valence-corrected chi connectivity index (χ3v) is 4.53. The summed E-state index contributed by atoms with van der Waals surface area (Å²) in [6.45, 7) is 0.353. The first kappa shape index (κ1) is 16.3. The van der Waals surface area contributed by atoms with Gasteiger partial charge in [0, 0.05) is 25.2 Å². The molecule has 7 heteroatoms. The number of halogens is 2. The fourth-order valence-electron chi connectivity index (χ4n) is 2.26. The van der Waals surface area contributed by atoms with E-state index in [4.69, 9.17) is 0 Å². The molecule has 1 aromatic heterocycles. The highest BCUT2D eigenvalue weighted by Gasteiger charge is 2.13. The van der Waals surface area contributed by atoms with E-state index in [0.717, 1.165) is 21.3 Å². The number of thiazole rings is 1. The zero-order valence-electron chi connectivity index (χ0n) is 12.9. The number of rotatable bonds is 4. The number of urea groups is 1.